The maximum Gasteiger partial charge on any atom is 0.158 e. The molecular weight excluding hydrogens is 208 g/mol. The second kappa shape index (κ2) is 4.43. The summed E-state index contributed by atoms with van der Waals surface area (Å²) in [5, 5.41) is 0.943. The van der Waals surface area contributed by atoms with E-state index in [-0.39, 0.29) is 6.29 Å². The average molecular weight is 223 g/mol. The molecule has 0 radical (unpaired) electrons. The summed E-state index contributed by atoms with van der Waals surface area (Å²) in [4.78, 5) is 0. The predicted octanol–water partition coefficient (Wildman–Crippen LogP) is 2.17. The zero-order chi connectivity index (χ0) is 8.27. The van der Waals surface area contributed by atoms with Crippen LogP contribution in [0.2, 0.25) is 0 Å². The summed E-state index contributed by atoms with van der Waals surface area (Å²) in [5.74, 6) is 0.529. The Balaban J connectivity index is 2.28. The van der Waals surface area contributed by atoms with E-state index in [2.05, 4.69) is 29.8 Å². The largest absolute Gasteiger partial charge is 0.352 e. The Labute approximate surface area is 76.4 Å². The predicted molar refractivity (Wildman–Crippen MR) is 47.9 cm³/mol. The van der Waals surface area contributed by atoms with E-state index in [0.717, 1.165) is 18.4 Å². The summed E-state index contributed by atoms with van der Waals surface area (Å²) in [5.41, 5.74) is 0. The maximum atomic E-state index is 5.59. The first-order valence-corrected chi connectivity index (χ1v) is 5.19. The van der Waals surface area contributed by atoms with Crippen molar-refractivity contribution in [2.75, 3.05) is 11.9 Å². The molecule has 11 heavy (non-hydrogen) atoms. The Morgan fingerprint density at radius 2 is 2.18 bits per heavy atom. The van der Waals surface area contributed by atoms with Gasteiger partial charge in [-0.2, -0.15) is 0 Å². The zero-order valence-corrected chi connectivity index (χ0v) is 8.63. The molecule has 1 heterocycles. The van der Waals surface area contributed by atoms with Crippen molar-refractivity contribution < 1.29 is 9.47 Å². The standard InChI is InChI=1S/C8H15BrO2/c1-6-5-10-8(3-4-9)11-7(6)2/h6-8H,3-5H2,1-2H3. The molecule has 0 aromatic carbocycles. The van der Waals surface area contributed by atoms with Gasteiger partial charge < -0.3 is 9.47 Å². The Morgan fingerprint density at radius 3 is 2.73 bits per heavy atom. The van der Waals surface area contributed by atoms with Gasteiger partial charge in [0.25, 0.3) is 0 Å². The van der Waals surface area contributed by atoms with Crippen LogP contribution in [0.25, 0.3) is 0 Å². The summed E-state index contributed by atoms with van der Waals surface area (Å²) >= 11 is 3.36. The number of ether oxygens (including phenoxy) is 2. The molecule has 0 aromatic heterocycles. The fourth-order valence-corrected chi connectivity index (χ4v) is 1.42. The molecule has 1 aliphatic heterocycles. The van der Waals surface area contributed by atoms with Gasteiger partial charge in [-0.25, -0.2) is 0 Å². The fraction of sp³-hybridized carbons (Fsp3) is 1.00. The normalized spacial score (nSPS) is 39.0. The molecule has 0 bridgehead atoms. The number of halogens is 1. The lowest BCUT2D eigenvalue weighted by Gasteiger charge is -2.32. The lowest BCUT2D eigenvalue weighted by Crippen LogP contribution is -2.36. The summed E-state index contributed by atoms with van der Waals surface area (Å²) in [7, 11) is 0. The van der Waals surface area contributed by atoms with Gasteiger partial charge in [0.1, 0.15) is 0 Å². The van der Waals surface area contributed by atoms with Crippen molar-refractivity contribution in [2.45, 2.75) is 32.7 Å². The molecule has 3 atom stereocenters. The van der Waals surface area contributed by atoms with Crippen molar-refractivity contribution in [1.82, 2.24) is 0 Å². The highest BCUT2D eigenvalue weighted by Crippen LogP contribution is 2.19. The quantitative estimate of drug-likeness (QED) is 0.668. The third-order valence-corrected chi connectivity index (χ3v) is 2.52. The maximum absolute atomic E-state index is 5.59. The van der Waals surface area contributed by atoms with Crippen LogP contribution in [0.4, 0.5) is 0 Å². The minimum absolute atomic E-state index is 0.0144. The summed E-state index contributed by atoms with van der Waals surface area (Å²) in [6.45, 7) is 5.09. The van der Waals surface area contributed by atoms with Crippen LogP contribution in [0.1, 0.15) is 20.3 Å². The van der Waals surface area contributed by atoms with Gasteiger partial charge in [-0.1, -0.05) is 22.9 Å². The zero-order valence-electron chi connectivity index (χ0n) is 7.05. The van der Waals surface area contributed by atoms with Crippen molar-refractivity contribution in [3.8, 4) is 0 Å². The van der Waals surface area contributed by atoms with Gasteiger partial charge in [0, 0.05) is 17.7 Å². The third-order valence-electron chi connectivity index (χ3n) is 2.06. The monoisotopic (exact) mass is 222 g/mol. The second-order valence-corrected chi connectivity index (χ2v) is 3.85. The van der Waals surface area contributed by atoms with Crippen LogP contribution >= 0.6 is 15.9 Å². The molecule has 2 nitrogen and oxygen atoms in total. The molecule has 1 fully saturated rings. The van der Waals surface area contributed by atoms with Crippen molar-refractivity contribution in [3.63, 3.8) is 0 Å². The minimum Gasteiger partial charge on any atom is -0.352 e. The lowest BCUT2D eigenvalue weighted by atomic mass is 10.1. The van der Waals surface area contributed by atoms with Gasteiger partial charge in [-0.3, -0.25) is 0 Å². The van der Waals surface area contributed by atoms with E-state index >= 15 is 0 Å². The summed E-state index contributed by atoms with van der Waals surface area (Å²) in [6.07, 6.45) is 1.30. The molecule has 1 saturated heterocycles. The molecule has 0 spiro atoms. The smallest absolute Gasteiger partial charge is 0.158 e. The van der Waals surface area contributed by atoms with Crippen molar-refractivity contribution in [3.05, 3.63) is 0 Å². The Kier molecular flexibility index (Phi) is 3.82. The van der Waals surface area contributed by atoms with Gasteiger partial charge in [0.15, 0.2) is 6.29 Å². The fourth-order valence-electron chi connectivity index (χ4n) is 1.05. The van der Waals surface area contributed by atoms with Crippen LogP contribution in [-0.4, -0.2) is 24.3 Å². The molecule has 0 aromatic rings. The van der Waals surface area contributed by atoms with E-state index in [0.29, 0.717) is 12.0 Å². The molecule has 0 amide bonds. The highest BCUT2D eigenvalue weighted by Gasteiger charge is 2.24. The Morgan fingerprint density at radius 1 is 1.45 bits per heavy atom. The highest BCUT2D eigenvalue weighted by atomic mass is 79.9. The first-order valence-electron chi connectivity index (χ1n) is 4.07. The molecule has 1 rings (SSSR count). The number of alkyl halides is 1. The second-order valence-electron chi connectivity index (χ2n) is 3.06. The Bertz CT molecular complexity index is 119. The number of hydrogen-bond donors (Lipinski definition) is 0. The number of rotatable bonds is 2. The molecular formula is C8H15BrO2. The molecule has 66 valence electrons. The first-order chi connectivity index (χ1) is 5.24. The first kappa shape index (κ1) is 9.49. The van der Waals surface area contributed by atoms with E-state index in [4.69, 9.17) is 9.47 Å². The van der Waals surface area contributed by atoms with Gasteiger partial charge in [0.05, 0.1) is 12.7 Å². The van der Waals surface area contributed by atoms with E-state index < -0.39 is 0 Å². The van der Waals surface area contributed by atoms with E-state index in [1.54, 1.807) is 0 Å². The lowest BCUT2D eigenvalue weighted by molar-refractivity contribution is -0.228. The third kappa shape index (κ3) is 2.73. The minimum atomic E-state index is 0.0144. The summed E-state index contributed by atoms with van der Waals surface area (Å²) in [6, 6.07) is 0. The van der Waals surface area contributed by atoms with E-state index in [1.165, 1.54) is 0 Å². The van der Waals surface area contributed by atoms with Crippen LogP contribution < -0.4 is 0 Å². The van der Waals surface area contributed by atoms with Crippen molar-refractivity contribution in [2.24, 2.45) is 5.92 Å². The molecule has 0 N–H and O–H groups in total. The Hall–Kier alpha value is 0.400. The van der Waals surface area contributed by atoms with E-state index in [9.17, 15) is 0 Å². The van der Waals surface area contributed by atoms with Crippen molar-refractivity contribution in [1.29, 1.82) is 0 Å². The molecule has 3 heteroatoms. The van der Waals surface area contributed by atoms with Crippen LogP contribution in [0, 0.1) is 5.92 Å². The van der Waals surface area contributed by atoms with E-state index in [1.807, 2.05) is 0 Å². The average Bonchev–Trinajstić information content (AvgIpc) is 1.98. The van der Waals surface area contributed by atoms with Gasteiger partial charge in [0.2, 0.25) is 0 Å². The molecule has 0 saturated carbocycles. The van der Waals surface area contributed by atoms with Crippen LogP contribution in [-0.2, 0) is 9.47 Å². The van der Waals surface area contributed by atoms with Gasteiger partial charge in [-0.15, -0.1) is 0 Å². The van der Waals surface area contributed by atoms with Crippen LogP contribution in [0.3, 0.4) is 0 Å². The molecule has 0 aliphatic carbocycles. The number of hydrogen-bond acceptors (Lipinski definition) is 2. The van der Waals surface area contributed by atoms with Crippen molar-refractivity contribution >= 4 is 15.9 Å². The highest BCUT2D eigenvalue weighted by molar-refractivity contribution is 9.09. The molecule has 3 unspecified atom stereocenters. The topological polar surface area (TPSA) is 18.5 Å². The SMILES string of the molecule is CC1COC(CCBr)OC1C. The molecule has 1 aliphatic rings. The van der Waals surface area contributed by atoms with Crippen LogP contribution in [0.5, 0.6) is 0 Å². The summed E-state index contributed by atoms with van der Waals surface area (Å²) < 4.78 is 11.0. The van der Waals surface area contributed by atoms with Crippen LogP contribution in [0.15, 0.2) is 0 Å². The van der Waals surface area contributed by atoms with Gasteiger partial charge in [-0.05, 0) is 6.92 Å². The van der Waals surface area contributed by atoms with Gasteiger partial charge >= 0.3 is 0 Å².